The van der Waals surface area contributed by atoms with E-state index in [1.165, 1.54) is 0 Å². The second-order valence-electron chi connectivity index (χ2n) is 7.00. The third-order valence-electron chi connectivity index (χ3n) is 3.68. The van der Waals surface area contributed by atoms with Gasteiger partial charge in [0.1, 0.15) is 5.60 Å². The number of anilines is 1. The predicted molar refractivity (Wildman–Crippen MR) is 99.7 cm³/mol. The number of nitrogens with zero attached hydrogens (tertiary/aromatic N) is 4. The fourth-order valence-corrected chi connectivity index (χ4v) is 2.39. The molecule has 0 radical (unpaired) electrons. The molecule has 0 aliphatic carbocycles. The molecule has 7 heteroatoms. The quantitative estimate of drug-likeness (QED) is 0.861. The molecule has 0 fully saturated rings. The molecule has 0 atom stereocenters. The first-order chi connectivity index (χ1) is 12.3. The molecule has 0 bridgehead atoms. The Bertz CT molecular complexity index is 768. The van der Waals surface area contributed by atoms with Crippen molar-refractivity contribution in [1.29, 1.82) is 5.26 Å². The molecular formula is C19H25N5O2. The van der Waals surface area contributed by atoms with E-state index in [0.717, 1.165) is 11.4 Å². The zero-order valence-electron chi connectivity index (χ0n) is 15.7. The van der Waals surface area contributed by atoms with Crippen molar-refractivity contribution in [2.45, 2.75) is 32.9 Å². The summed E-state index contributed by atoms with van der Waals surface area (Å²) in [5.41, 5.74) is 2.11. The van der Waals surface area contributed by atoms with Crippen LogP contribution < -0.4 is 10.2 Å². The number of benzene rings is 1. The van der Waals surface area contributed by atoms with Crippen molar-refractivity contribution in [3.8, 4) is 6.07 Å². The van der Waals surface area contributed by atoms with E-state index in [4.69, 9.17) is 10.00 Å². The lowest BCUT2D eigenvalue weighted by molar-refractivity contribution is 0.0529. The average molecular weight is 355 g/mol. The van der Waals surface area contributed by atoms with Crippen LogP contribution in [0.3, 0.4) is 0 Å². The second-order valence-corrected chi connectivity index (χ2v) is 7.00. The van der Waals surface area contributed by atoms with E-state index in [2.05, 4.69) is 21.3 Å². The Labute approximate surface area is 154 Å². The highest BCUT2D eigenvalue weighted by molar-refractivity contribution is 5.67. The molecule has 0 unspecified atom stereocenters. The number of ether oxygens (including phenoxy) is 1. The second kappa shape index (κ2) is 8.39. The molecule has 0 aliphatic rings. The van der Waals surface area contributed by atoms with Crippen LogP contribution in [0.2, 0.25) is 0 Å². The van der Waals surface area contributed by atoms with Crippen molar-refractivity contribution in [3.05, 3.63) is 48.0 Å². The maximum absolute atomic E-state index is 11.8. The molecule has 1 amide bonds. The standard InChI is InChI=1S/C19H25N5O2/c1-19(2,3)26-18(25)22-9-10-24(13-17-12-21-14-23(17)4)16-7-5-15(11-20)6-8-16/h5-8,12,14H,9-10,13H2,1-4H3,(H,22,25). The van der Waals surface area contributed by atoms with Gasteiger partial charge in [-0.05, 0) is 45.0 Å². The van der Waals surface area contributed by atoms with Crippen molar-refractivity contribution in [1.82, 2.24) is 14.9 Å². The van der Waals surface area contributed by atoms with E-state index in [-0.39, 0.29) is 0 Å². The van der Waals surface area contributed by atoms with Gasteiger partial charge in [-0.15, -0.1) is 0 Å². The van der Waals surface area contributed by atoms with Gasteiger partial charge in [-0.1, -0.05) is 0 Å². The molecule has 2 aromatic rings. The van der Waals surface area contributed by atoms with E-state index < -0.39 is 11.7 Å². The van der Waals surface area contributed by atoms with Crippen LogP contribution in [0.25, 0.3) is 0 Å². The lowest BCUT2D eigenvalue weighted by Crippen LogP contribution is -2.38. The van der Waals surface area contributed by atoms with Crippen molar-refractivity contribution < 1.29 is 9.53 Å². The smallest absolute Gasteiger partial charge is 0.407 e. The van der Waals surface area contributed by atoms with Crippen LogP contribution in [0.1, 0.15) is 32.0 Å². The zero-order chi connectivity index (χ0) is 19.2. The summed E-state index contributed by atoms with van der Waals surface area (Å²) in [5, 5.41) is 11.7. The van der Waals surface area contributed by atoms with E-state index in [1.807, 2.05) is 50.7 Å². The SMILES string of the molecule is Cn1cncc1CN(CCNC(=O)OC(C)(C)C)c1ccc(C#N)cc1. The molecule has 1 aromatic heterocycles. The molecular weight excluding hydrogens is 330 g/mol. The first kappa shape index (κ1) is 19.3. The summed E-state index contributed by atoms with van der Waals surface area (Å²) < 4.78 is 7.22. The van der Waals surface area contributed by atoms with Crippen molar-refractivity contribution >= 4 is 11.8 Å². The average Bonchev–Trinajstić information content (AvgIpc) is 2.97. The van der Waals surface area contributed by atoms with Crippen molar-refractivity contribution in [3.63, 3.8) is 0 Å². The topological polar surface area (TPSA) is 83.2 Å². The number of nitriles is 1. The summed E-state index contributed by atoms with van der Waals surface area (Å²) in [6.45, 7) is 7.16. The lowest BCUT2D eigenvalue weighted by Gasteiger charge is -2.26. The minimum absolute atomic E-state index is 0.433. The molecule has 0 saturated heterocycles. The first-order valence-corrected chi connectivity index (χ1v) is 8.45. The van der Waals surface area contributed by atoms with Crippen LogP contribution in [-0.2, 0) is 18.3 Å². The van der Waals surface area contributed by atoms with Crippen LogP contribution in [0, 0.1) is 11.3 Å². The van der Waals surface area contributed by atoms with Gasteiger partial charge >= 0.3 is 6.09 Å². The van der Waals surface area contributed by atoms with Crippen LogP contribution in [0.4, 0.5) is 10.5 Å². The number of hydrogen-bond donors (Lipinski definition) is 1. The summed E-state index contributed by atoms with van der Waals surface area (Å²) in [7, 11) is 1.94. The van der Waals surface area contributed by atoms with E-state index in [0.29, 0.717) is 25.2 Å². The molecule has 2 rings (SSSR count). The number of alkyl carbamates (subject to hydrolysis) is 1. The van der Waals surface area contributed by atoms with Crippen LogP contribution >= 0.6 is 0 Å². The Balaban J connectivity index is 2.04. The van der Waals surface area contributed by atoms with Gasteiger partial charge in [-0.25, -0.2) is 9.78 Å². The highest BCUT2D eigenvalue weighted by Crippen LogP contribution is 2.17. The van der Waals surface area contributed by atoms with E-state index in [1.54, 1.807) is 18.5 Å². The number of carbonyl (C=O) groups excluding carboxylic acids is 1. The molecule has 1 aromatic carbocycles. The summed E-state index contributed by atoms with van der Waals surface area (Å²) in [4.78, 5) is 18.1. The highest BCUT2D eigenvalue weighted by Gasteiger charge is 2.16. The molecule has 0 spiro atoms. The van der Waals surface area contributed by atoms with Gasteiger partial charge in [0.25, 0.3) is 0 Å². The molecule has 26 heavy (non-hydrogen) atoms. The van der Waals surface area contributed by atoms with Gasteiger partial charge in [-0.3, -0.25) is 0 Å². The van der Waals surface area contributed by atoms with Gasteiger partial charge in [0.05, 0.1) is 30.2 Å². The zero-order valence-corrected chi connectivity index (χ0v) is 15.7. The first-order valence-electron chi connectivity index (χ1n) is 8.45. The molecule has 0 aliphatic heterocycles. The third-order valence-corrected chi connectivity index (χ3v) is 3.68. The van der Waals surface area contributed by atoms with Gasteiger partial charge < -0.3 is 19.5 Å². The van der Waals surface area contributed by atoms with Crippen molar-refractivity contribution in [2.75, 3.05) is 18.0 Å². The minimum Gasteiger partial charge on any atom is -0.444 e. The number of amides is 1. The summed E-state index contributed by atoms with van der Waals surface area (Å²) in [5.74, 6) is 0. The Morgan fingerprint density at radius 2 is 2.04 bits per heavy atom. The Morgan fingerprint density at radius 3 is 2.58 bits per heavy atom. The number of hydrogen-bond acceptors (Lipinski definition) is 5. The Kier molecular flexibility index (Phi) is 6.23. The van der Waals surface area contributed by atoms with E-state index >= 15 is 0 Å². The maximum atomic E-state index is 11.8. The van der Waals surface area contributed by atoms with Crippen LogP contribution in [0.15, 0.2) is 36.8 Å². The third kappa shape index (κ3) is 5.81. The normalized spacial score (nSPS) is 10.9. The number of carbonyl (C=O) groups is 1. The maximum Gasteiger partial charge on any atom is 0.407 e. The predicted octanol–water partition coefficient (Wildman–Crippen LogP) is 2.82. The molecule has 1 N–H and O–H groups in total. The molecule has 138 valence electrons. The minimum atomic E-state index is -0.522. The molecule has 0 saturated carbocycles. The fourth-order valence-electron chi connectivity index (χ4n) is 2.39. The van der Waals surface area contributed by atoms with Gasteiger partial charge in [0, 0.05) is 32.0 Å². The number of rotatable bonds is 6. The summed E-state index contributed by atoms with van der Waals surface area (Å²) in [6.07, 6.45) is 3.14. The van der Waals surface area contributed by atoms with E-state index in [9.17, 15) is 4.79 Å². The molecule has 1 heterocycles. The Hall–Kier alpha value is -3.01. The van der Waals surface area contributed by atoms with Crippen LogP contribution in [-0.4, -0.2) is 34.3 Å². The fraction of sp³-hybridized carbons (Fsp3) is 0.421. The monoisotopic (exact) mass is 355 g/mol. The summed E-state index contributed by atoms with van der Waals surface area (Å²) >= 11 is 0. The number of aromatic nitrogens is 2. The Morgan fingerprint density at radius 1 is 1.35 bits per heavy atom. The molecule has 7 nitrogen and oxygen atoms in total. The van der Waals surface area contributed by atoms with Crippen molar-refractivity contribution in [2.24, 2.45) is 7.05 Å². The largest absolute Gasteiger partial charge is 0.444 e. The van der Waals surface area contributed by atoms with Gasteiger partial charge in [0.15, 0.2) is 0 Å². The number of imidazole rings is 1. The lowest BCUT2D eigenvalue weighted by atomic mass is 10.2. The highest BCUT2D eigenvalue weighted by atomic mass is 16.6. The summed E-state index contributed by atoms with van der Waals surface area (Å²) in [6, 6.07) is 9.50. The van der Waals surface area contributed by atoms with Crippen LogP contribution in [0.5, 0.6) is 0 Å². The van der Waals surface area contributed by atoms with Gasteiger partial charge in [-0.2, -0.15) is 5.26 Å². The number of nitrogens with one attached hydrogen (secondary N) is 1. The van der Waals surface area contributed by atoms with Gasteiger partial charge in [0.2, 0.25) is 0 Å². The number of aryl methyl sites for hydroxylation is 1.